The SMILES string of the molecule is [C-]#[N+]CC(=O)NCc1ccc(Br)cc1. The number of carbonyl (C=O) groups excluding carboxylic acids is 1. The van der Waals surface area contributed by atoms with Gasteiger partial charge >= 0.3 is 0 Å². The quantitative estimate of drug-likeness (QED) is 0.821. The summed E-state index contributed by atoms with van der Waals surface area (Å²) in [5, 5.41) is 2.65. The maximum atomic E-state index is 10.9. The van der Waals surface area contributed by atoms with Gasteiger partial charge in [0.25, 0.3) is 12.5 Å². The number of nitrogens with one attached hydrogen (secondary N) is 1. The molecule has 0 saturated carbocycles. The zero-order valence-corrected chi connectivity index (χ0v) is 9.04. The van der Waals surface area contributed by atoms with E-state index < -0.39 is 0 Å². The molecule has 0 bridgehead atoms. The molecule has 0 spiro atoms. The Morgan fingerprint density at radius 2 is 2.07 bits per heavy atom. The summed E-state index contributed by atoms with van der Waals surface area (Å²) in [6, 6.07) is 7.66. The summed E-state index contributed by atoms with van der Waals surface area (Å²) in [6.07, 6.45) is 0. The van der Waals surface area contributed by atoms with Crippen molar-refractivity contribution in [3.63, 3.8) is 0 Å². The van der Waals surface area contributed by atoms with Gasteiger partial charge in [-0.05, 0) is 17.7 Å². The van der Waals surface area contributed by atoms with Gasteiger partial charge in [-0.2, -0.15) is 0 Å². The Hall–Kier alpha value is -1.34. The van der Waals surface area contributed by atoms with Crippen LogP contribution in [0.4, 0.5) is 0 Å². The standard InChI is InChI=1S/C10H9BrN2O/c1-12-7-10(14)13-6-8-2-4-9(11)5-3-8/h2-5H,6-7H2,(H,13,14). The van der Waals surface area contributed by atoms with Gasteiger partial charge in [-0.15, -0.1) is 0 Å². The highest BCUT2D eigenvalue weighted by atomic mass is 79.9. The van der Waals surface area contributed by atoms with Gasteiger partial charge in [-0.1, -0.05) is 28.1 Å². The first-order valence-corrected chi connectivity index (χ1v) is 4.86. The number of hydrogen-bond donors (Lipinski definition) is 1. The lowest BCUT2D eigenvalue weighted by Crippen LogP contribution is -2.24. The first-order chi connectivity index (χ1) is 6.72. The third-order valence-corrected chi connectivity index (χ3v) is 2.15. The second kappa shape index (κ2) is 5.40. The molecule has 0 aliphatic heterocycles. The third-order valence-electron chi connectivity index (χ3n) is 1.63. The predicted octanol–water partition coefficient (Wildman–Crippen LogP) is 1.98. The summed E-state index contributed by atoms with van der Waals surface area (Å²) in [5.74, 6) is -0.233. The first kappa shape index (κ1) is 10.7. The maximum Gasteiger partial charge on any atom is 0.300 e. The van der Waals surface area contributed by atoms with Gasteiger partial charge in [0.2, 0.25) is 0 Å². The van der Waals surface area contributed by atoms with Gasteiger partial charge < -0.3 is 10.2 Å². The smallest absolute Gasteiger partial charge is 0.300 e. The Morgan fingerprint density at radius 1 is 1.43 bits per heavy atom. The number of benzene rings is 1. The largest absolute Gasteiger partial charge is 0.346 e. The Kier molecular flexibility index (Phi) is 4.14. The second-order valence-electron chi connectivity index (χ2n) is 2.72. The second-order valence-corrected chi connectivity index (χ2v) is 3.64. The number of carbonyl (C=O) groups is 1. The van der Waals surface area contributed by atoms with E-state index >= 15 is 0 Å². The molecular formula is C10H9BrN2O. The van der Waals surface area contributed by atoms with Crippen LogP contribution in [0.3, 0.4) is 0 Å². The van der Waals surface area contributed by atoms with E-state index in [1.54, 1.807) is 0 Å². The average molecular weight is 253 g/mol. The van der Waals surface area contributed by atoms with E-state index in [4.69, 9.17) is 6.57 Å². The molecule has 4 heteroatoms. The molecule has 1 N–H and O–H groups in total. The highest BCUT2D eigenvalue weighted by Crippen LogP contribution is 2.09. The van der Waals surface area contributed by atoms with Crippen LogP contribution in [0.2, 0.25) is 0 Å². The molecule has 0 aromatic heterocycles. The van der Waals surface area contributed by atoms with Crippen molar-refractivity contribution in [2.45, 2.75) is 6.54 Å². The summed E-state index contributed by atoms with van der Waals surface area (Å²) in [7, 11) is 0. The van der Waals surface area contributed by atoms with Gasteiger partial charge in [0.1, 0.15) is 0 Å². The highest BCUT2D eigenvalue weighted by molar-refractivity contribution is 9.10. The number of rotatable bonds is 3. The minimum absolute atomic E-state index is 0.101. The van der Waals surface area contributed by atoms with Crippen molar-refractivity contribution in [1.82, 2.24) is 5.32 Å². The molecule has 0 radical (unpaired) electrons. The summed E-state index contributed by atoms with van der Waals surface area (Å²) in [5.41, 5.74) is 1.02. The lowest BCUT2D eigenvalue weighted by molar-refractivity contribution is -0.119. The summed E-state index contributed by atoms with van der Waals surface area (Å²) >= 11 is 3.32. The molecule has 3 nitrogen and oxygen atoms in total. The minimum Gasteiger partial charge on any atom is -0.346 e. The van der Waals surface area contributed by atoms with Crippen molar-refractivity contribution < 1.29 is 4.79 Å². The predicted molar refractivity (Wildman–Crippen MR) is 57.5 cm³/mol. The zero-order valence-electron chi connectivity index (χ0n) is 7.46. The van der Waals surface area contributed by atoms with Crippen LogP contribution in [-0.4, -0.2) is 12.5 Å². The summed E-state index contributed by atoms with van der Waals surface area (Å²) in [6.45, 7) is 6.88. The molecule has 72 valence electrons. The van der Waals surface area contributed by atoms with E-state index in [1.165, 1.54) is 0 Å². The fraction of sp³-hybridized carbons (Fsp3) is 0.200. The summed E-state index contributed by atoms with van der Waals surface area (Å²) in [4.78, 5) is 13.9. The Bertz CT molecular complexity index is 353. The Morgan fingerprint density at radius 3 is 2.64 bits per heavy atom. The molecule has 0 unspecified atom stereocenters. The van der Waals surface area contributed by atoms with Gasteiger partial charge in [-0.25, -0.2) is 6.57 Å². The summed E-state index contributed by atoms with van der Waals surface area (Å²) < 4.78 is 1.01. The van der Waals surface area contributed by atoms with E-state index in [-0.39, 0.29) is 12.5 Å². The van der Waals surface area contributed by atoms with Crippen molar-refractivity contribution in [2.75, 3.05) is 6.54 Å². The molecule has 0 atom stereocenters. The molecule has 0 fully saturated rings. The fourth-order valence-electron chi connectivity index (χ4n) is 0.931. The van der Waals surface area contributed by atoms with Gasteiger partial charge in [0.15, 0.2) is 0 Å². The highest BCUT2D eigenvalue weighted by Gasteiger charge is 2.02. The van der Waals surface area contributed by atoms with Crippen LogP contribution in [0, 0.1) is 6.57 Å². The lowest BCUT2D eigenvalue weighted by atomic mass is 10.2. The number of halogens is 1. The molecule has 0 saturated heterocycles. The Labute approximate surface area is 91.1 Å². The van der Waals surface area contributed by atoms with Gasteiger partial charge in [0, 0.05) is 11.0 Å². The van der Waals surface area contributed by atoms with Crippen molar-refractivity contribution in [3.05, 3.63) is 45.7 Å². The van der Waals surface area contributed by atoms with Crippen LogP contribution in [0.1, 0.15) is 5.56 Å². The van der Waals surface area contributed by atoms with E-state index in [0.717, 1.165) is 10.0 Å². The molecular weight excluding hydrogens is 244 g/mol. The molecule has 14 heavy (non-hydrogen) atoms. The van der Waals surface area contributed by atoms with Crippen molar-refractivity contribution in [1.29, 1.82) is 0 Å². The van der Waals surface area contributed by atoms with Crippen LogP contribution in [0.25, 0.3) is 4.85 Å². The first-order valence-electron chi connectivity index (χ1n) is 4.06. The zero-order chi connectivity index (χ0) is 10.4. The number of amides is 1. The fourth-order valence-corrected chi connectivity index (χ4v) is 1.19. The van der Waals surface area contributed by atoms with E-state index in [1.807, 2.05) is 24.3 Å². The molecule has 1 aromatic rings. The van der Waals surface area contributed by atoms with Crippen LogP contribution in [0.15, 0.2) is 28.7 Å². The normalized spacial score (nSPS) is 9.14. The number of hydrogen-bond acceptors (Lipinski definition) is 1. The van der Waals surface area contributed by atoms with E-state index in [0.29, 0.717) is 6.54 Å². The third kappa shape index (κ3) is 3.58. The van der Waals surface area contributed by atoms with Crippen molar-refractivity contribution in [3.8, 4) is 0 Å². The van der Waals surface area contributed by atoms with Crippen LogP contribution in [0.5, 0.6) is 0 Å². The van der Waals surface area contributed by atoms with Crippen molar-refractivity contribution >= 4 is 21.8 Å². The topological polar surface area (TPSA) is 33.5 Å². The van der Waals surface area contributed by atoms with E-state index in [2.05, 4.69) is 26.1 Å². The van der Waals surface area contributed by atoms with Crippen molar-refractivity contribution in [2.24, 2.45) is 0 Å². The van der Waals surface area contributed by atoms with Crippen LogP contribution in [-0.2, 0) is 11.3 Å². The molecule has 1 aromatic carbocycles. The van der Waals surface area contributed by atoms with E-state index in [9.17, 15) is 4.79 Å². The average Bonchev–Trinajstić information content (AvgIpc) is 2.17. The molecule has 1 rings (SSSR count). The molecule has 0 aliphatic carbocycles. The monoisotopic (exact) mass is 252 g/mol. The van der Waals surface area contributed by atoms with Crippen LogP contribution >= 0.6 is 15.9 Å². The maximum absolute atomic E-state index is 10.9. The lowest BCUT2D eigenvalue weighted by Gasteiger charge is -2.01. The molecule has 0 heterocycles. The van der Waals surface area contributed by atoms with Gasteiger partial charge in [-0.3, -0.25) is 4.79 Å². The van der Waals surface area contributed by atoms with Crippen LogP contribution < -0.4 is 5.32 Å². The molecule has 1 amide bonds. The molecule has 0 aliphatic rings. The Balaban J connectivity index is 2.43. The van der Waals surface area contributed by atoms with Gasteiger partial charge in [0.05, 0.1) is 0 Å². The minimum atomic E-state index is -0.233. The number of nitrogens with zero attached hydrogens (tertiary/aromatic N) is 1.